The van der Waals surface area contributed by atoms with Gasteiger partial charge in [-0.15, -0.1) is 0 Å². The number of amides is 2. The zero-order chi connectivity index (χ0) is 26.1. The number of piperidine rings is 1. The average molecular weight is 520 g/mol. The Morgan fingerprint density at radius 2 is 1.43 bits per heavy atom. The predicted molar refractivity (Wildman–Crippen MR) is 145 cm³/mol. The summed E-state index contributed by atoms with van der Waals surface area (Å²) in [5, 5.41) is 6.29. The monoisotopic (exact) mass is 519 g/mol. The van der Waals surface area contributed by atoms with E-state index in [0.717, 1.165) is 36.2 Å². The second kappa shape index (κ2) is 12.7. The highest BCUT2D eigenvalue weighted by Gasteiger charge is 2.31. The summed E-state index contributed by atoms with van der Waals surface area (Å²) in [6.07, 6.45) is 5.62. The highest BCUT2D eigenvalue weighted by atomic mass is 32.2. The van der Waals surface area contributed by atoms with E-state index >= 15 is 0 Å². The van der Waals surface area contributed by atoms with E-state index in [2.05, 4.69) is 10.6 Å². The van der Waals surface area contributed by atoms with Gasteiger partial charge in [0.25, 0.3) is 21.8 Å². The maximum Gasteiger partial charge on any atom is 0.272 e. The lowest BCUT2D eigenvalue weighted by Gasteiger charge is -2.23. The first-order valence-corrected chi connectivity index (χ1v) is 14.2. The van der Waals surface area contributed by atoms with Crippen molar-refractivity contribution < 1.29 is 18.0 Å². The van der Waals surface area contributed by atoms with Crippen molar-refractivity contribution in [3.05, 3.63) is 96.1 Å². The maximum absolute atomic E-state index is 13.6. The van der Waals surface area contributed by atoms with E-state index in [1.807, 2.05) is 0 Å². The van der Waals surface area contributed by atoms with Gasteiger partial charge in [-0.3, -0.25) is 9.59 Å². The van der Waals surface area contributed by atoms with Crippen molar-refractivity contribution in [3.8, 4) is 0 Å². The lowest BCUT2D eigenvalue weighted by Crippen LogP contribution is -2.37. The molecular weight excluding hydrogens is 486 g/mol. The number of nitrogens with zero attached hydrogens (tertiary/aromatic N) is 1. The normalized spacial score (nSPS) is 14.2. The molecule has 2 amide bonds. The van der Waals surface area contributed by atoms with Gasteiger partial charge in [-0.25, -0.2) is 8.42 Å². The molecule has 1 saturated heterocycles. The first-order chi connectivity index (χ1) is 18.0. The third-order valence-corrected chi connectivity index (χ3v) is 8.36. The molecule has 1 aliphatic rings. The lowest BCUT2D eigenvalue weighted by molar-refractivity contribution is 0.0951. The molecular formula is C29H33N3O4S. The number of rotatable bonds is 10. The third-order valence-electron chi connectivity index (χ3n) is 6.63. The number of nitrogens with one attached hydrogen (secondary N) is 2. The Balaban J connectivity index is 1.42. The van der Waals surface area contributed by atoms with Crippen molar-refractivity contribution in [2.75, 3.05) is 23.9 Å². The number of hydrogen-bond acceptors (Lipinski definition) is 5. The van der Waals surface area contributed by atoms with Crippen LogP contribution in [-0.4, -0.2) is 39.9 Å². The molecule has 0 radical (unpaired) electrons. The van der Waals surface area contributed by atoms with Gasteiger partial charge in [0, 0.05) is 17.7 Å². The molecule has 0 atom stereocenters. The van der Waals surface area contributed by atoms with E-state index in [1.54, 1.807) is 60.7 Å². The number of carbonyl (C=O) groups is 2. The standard InChI is InChI=1S/C29H33N3O4S/c33-28(31-20-8-7-9-23-18-21-30-22-19-23)24-14-16-27(17-15-24)37(35,36)32(26-12-5-2-6-13-26)29(34)25-10-3-1-4-11-25/h1-6,10-17,23,30H,7-9,18-22H2,(H,31,33). The first-order valence-electron chi connectivity index (χ1n) is 12.8. The van der Waals surface area contributed by atoms with Crippen LogP contribution < -0.4 is 14.9 Å². The van der Waals surface area contributed by atoms with Gasteiger partial charge in [0.1, 0.15) is 0 Å². The smallest absolute Gasteiger partial charge is 0.272 e. The Hall–Kier alpha value is -3.49. The molecule has 37 heavy (non-hydrogen) atoms. The molecule has 1 heterocycles. The highest BCUT2D eigenvalue weighted by molar-refractivity contribution is 7.93. The van der Waals surface area contributed by atoms with Crippen LogP contribution in [0, 0.1) is 5.92 Å². The minimum Gasteiger partial charge on any atom is -0.352 e. The van der Waals surface area contributed by atoms with E-state index in [1.165, 1.54) is 43.5 Å². The summed E-state index contributed by atoms with van der Waals surface area (Å²) in [6.45, 7) is 2.77. The van der Waals surface area contributed by atoms with E-state index in [-0.39, 0.29) is 22.1 Å². The Labute approximate surface area is 218 Å². The minimum absolute atomic E-state index is 0.0702. The molecule has 7 nitrogen and oxygen atoms in total. The molecule has 0 unspecified atom stereocenters. The summed E-state index contributed by atoms with van der Waals surface area (Å²) < 4.78 is 28.0. The maximum atomic E-state index is 13.6. The van der Waals surface area contributed by atoms with Crippen LogP contribution in [-0.2, 0) is 10.0 Å². The summed E-state index contributed by atoms with van der Waals surface area (Å²) in [4.78, 5) is 25.8. The van der Waals surface area contributed by atoms with Gasteiger partial charge in [-0.05, 0) is 86.8 Å². The lowest BCUT2D eigenvalue weighted by atomic mass is 9.92. The molecule has 3 aromatic carbocycles. The number of anilines is 1. The third kappa shape index (κ3) is 6.84. The largest absolute Gasteiger partial charge is 0.352 e. The SMILES string of the molecule is O=C(NCCCCC1CCNCC1)c1ccc(S(=O)(=O)N(C(=O)c2ccccc2)c2ccccc2)cc1. The Morgan fingerprint density at radius 3 is 2.08 bits per heavy atom. The first kappa shape index (κ1) is 26.6. The van der Waals surface area contributed by atoms with E-state index in [9.17, 15) is 18.0 Å². The molecule has 0 saturated carbocycles. The Kier molecular flexibility index (Phi) is 9.09. The van der Waals surface area contributed by atoms with Gasteiger partial charge in [-0.1, -0.05) is 49.2 Å². The second-order valence-corrected chi connectivity index (χ2v) is 11.0. The summed E-state index contributed by atoms with van der Waals surface area (Å²) in [6, 6.07) is 22.2. The van der Waals surface area contributed by atoms with Gasteiger partial charge in [-0.2, -0.15) is 4.31 Å². The van der Waals surface area contributed by atoms with E-state index < -0.39 is 15.9 Å². The fraction of sp³-hybridized carbons (Fsp3) is 0.310. The predicted octanol–water partition coefficient (Wildman–Crippen LogP) is 4.62. The number of sulfonamides is 1. The van der Waals surface area contributed by atoms with Crippen LogP contribution in [0.2, 0.25) is 0 Å². The van der Waals surface area contributed by atoms with Crippen LogP contribution in [0.4, 0.5) is 5.69 Å². The zero-order valence-electron chi connectivity index (χ0n) is 20.8. The van der Waals surface area contributed by atoms with Crippen LogP contribution in [0.3, 0.4) is 0 Å². The van der Waals surface area contributed by atoms with Crippen LogP contribution in [0.15, 0.2) is 89.8 Å². The molecule has 3 aromatic rings. The van der Waals surface area contributed by atoms with Gasteiger partial charge in [0.05, 0.1) is 10.6 Å². The molecule has 8 heteroatoms. The van der Waals surface area contributed by atoms with Crippen molar-refractivity contribution in [2.24, 2.45) is 5.92 Å². The zero-order valence-corrected chi connectivity index (χ0v) is 21.6. The number of benzene rings is 3. The van der Waals surface area contributed by atoms with Crippen molar-refractivity contribution >= 4 is 27.5 Å². The van der Waals surface area contributed by atoms with Gasteiger partial charge >= 0.3 is 0 Å². The molecule has 2 N–H and O–H groups in total. The Morgan fingerprint density at radius 1 is 0.811 bits per heavy atom. The molecule has 1 aliphatic heterocycles. The average Bonchev–Trinajstić information content (AvgIpc) is 2.94. The fourth-order valence-corrected chi connectivity index (χ4v) is 5.96. The van der Waals surface area contributed by atoms with Crippen LogP contribution >= 0.6 is 0 Å². The number of carbonyl (C=O) groups excluding carboxylic acids is 2. The van der Waals surface area contributed by atoms with Crippen molar-refractivity contribution in [1.82, 2.24) is 10.6 Å². The molecule has 194 valence electrons. The van der Waals surface area contributed by atoms with Crippen LogP contribution in [0.5, 0.6) is 0 Å². The molecule has 0 aliphatic carbocycles. The fourth-order valence-electron chi connectivity index (χ4n) is 4.54. The second-order valence-electron chi connectivity index (χ2n) is 9.25. The summed E-state index contributed by atoms with van der Waals surface area (Å²) >= 11 is 0. The van der Waals surface area contributed by atoms with E-state index in [0.29, 0.717) is 12.1 Å². The number of para-hydroxylation sites is 1. The van der Waals surface area contributed by atoms with Crippen LogP contribution in [0.25, 0.3) is 0 Å². The van der Waals surface area contributed by atoms with Gasteiger partial charge in [0.2, 0.25) is 0 Å². The molecule has 4 rings (SSSR count). The summed E-state index contributed by atoms with van der Waals surface area (Å²) in [7, 11) is -4.23. The number of hydrogen-bond donors (Lipinski definition) is 2. The van der Waals surface area contributed by atoms with Crippen molar-refractivity contribution in [1.29, 1.82) is 0 Å². The number of unbranched alkanes of at least 4 members (excludes halogenated alkanes) is 1. The molecule has 0 bridgehead atoms. The van der Waals surface area contributed by atoms with Crippen molar-refractivity contribution in [3.63, 3.8) is 0 Å². The molecule has 0 spiro atoms. The van der Waals surface area contributed by atoms with Crippen LogP contribution in [0.1, 0.15) is 52.8 Å². The quantitative estimate of drug-likeness (QED) is 0.381. The van der Waals surface area contributed by atoms with Crippen molar-refractivity contribution in [2.45, 2.75) is 37.0 Å². The van der Waals surface area contributed by atoms with Gasteiger partial charge < -0.3 is 10.6 Å². The highest BCUT2D eigenvalue weighted by Crippen LogP contribution is 2.26. The van der Waals surface area contributed by atoms with E-state index in [4.69, 9.17) is 0 Å². The topological polar surface area (TPSA) is 95.6 Å². The minimum atomic E-state index is -4.23. The van der Waals surface area contributed by atoms with Gasteiger partial charge in [0.15, 0.2) is 0 Å². The molecule has 1 fully saturated rings. The Bertz CT molecular complexity index is 1270. The summed E-state index contributed by atoms with van der Waals surface area (Å²) in [5.74, 6) is -0.125. The summed E-state index contributed by atoms with van der Waals surface area (Å²) in [5.41, 5.74) is 0.867. The molecule has 0 aromatic heterocycles.